The molecule has 0 radical (unpaired) electrons. The Morgan fingerprint density at radius 3 is 2.63 bits per heavy atom. The summed E-state index contributed by atoms with van der Waals surface area (Å²) in [5, 5.41) is 3.01. The van der Waals surface area contributed by atoms with E-state index in [0.29, 0.717) is 12.5 Å². The van der Waals surface area contributed by atoms with Crippen LogP contribution in [-0.4, -0.2) is 18.2 Å². The molecule has 0 aliphatic heterocycles. The van der Waals surface area contributed by atoms with Gasteiger partial charge in [-0.3, -0.25) is 4.79 Å². The highest BCUT2D eigenvalue weighted by atomic mass is 32.2. The summed E-state index contributed by atoms with van der Waals surface area (Å²) in [6.07, 6.45) is 0.825. The average molecular weight is 280 g/mol. The first kappa shape index (κ1) is 16.1. The number of para-hydroxylation sites is 1. The highest BCUT2D eigenvalue weighted by molar-refractivity contribution is 7.99. The Balaban J connectivity index is 2.75. The third kappa shape index (κ3) is 5.25. The lowest BCUT2D eigenvalue weighted by molar-refractivity contribution is -0.120. The Hall–Kier alpha value is -1.00. The Bertz CT molecular complexity index is 407. The number of thioether (sulfide) groups is 1. The summed E-state index contributed by atoms with van der Waals surface area (Å²) in [4.78, 5) is 13.3. The van der Waals surface area contributed by atoms with Crippen LogP contribution in [0.2, 0.25) is 0 Å². The van der Waals surface area contributed by atoms with E-state index in [0.717, 1.165) is 22.8 Å². The molecule has 0 fully saturated rings. The summed E-state index contributed by atoms with van der Waals surface area (Å²) in [5.74, 6) is 1.37. The minimum absolute atomic E-state index is 0.0281. The lowest BCUT2D eigenvalue weighted by Crippen LogP contribution is -2.30. The van der Waals surface area contributed by atoms with Gasteiger partial charge in [-0.25, -0.2) is 0 Å². The van der Waals surface area contributed by atoms with Crippen molar-refractivity contribution in [1.29, 1.82) is 0 Å². The maximum atomic E-state index is 12.2. The van der Waals surface area contributed by atoms with E-state index in [1.54, 1.807) is 11.8 Å². The molecule has 0 saturated heterocycles. The molecule has 0 aliphatic carbocycles. The monoisotopic (exact) mass is 280 g/mol. The predicted molar refractivity (Wildman–Crippen MR) is 83.5 cm³/mol. The van der Waals surface area contributed by atoms with Gasteiger partial charge in [0, 0.05) is 11.4 Å². The molecule has 1 aromatic rings. The van der Waals surface area contributed by atoms with Gasteiger partial charge in [0.15, 0.2) is 0 Å². The van der Waals surface area contributed by atoms with Crippen LogP contribution in [0.5, 0.6) is 0 Å². The van der Waals surface area contributed by atoms with Crippen LogP contribution in [0, 0.1) is 11.8 Å². The smallest absolute Gasteiger partial charge is 0.228 e. The lowest BCUT2D eigenvalue weighted by Gasteiger charge is -2.18. The van der Waals surface area contributed by atoms with Gasteiger partial charge in [0.25, 0.3) is 0 Å². The number of carbonyl (C=O) groups excluding carboxylic acids is 1. The third-order valence-corrected chi connectivity index (χ3v) is 3.81. The fourth-order valence-electron chi connectivity index (χ4n) is 1.97. The summed E-state index contributed by atoms with van der Waals surface area (Å²) in [6.45, 7) is 6.71. The van der Waals surface area contributed by atoms with E-state index in [9.17, 15) is 4.79 Å². The summed E-state index contributed by atoms with van der Waals surface area (Å²) in [7, 11) is 0. The van der Waals surface area contributed by atoms with E-state index in [1.807, 2.05) is 24.3 Å². The van der Waals surface area contributed by atoms with Crippen LogP contribution >= 0.6 is 11.8 Å². The minimum Gasteiger partial charge on any atom is -0.330 e. The molecule has 3 N–H and O–H groups in total. The first-order chi connectivity index (χ1) is 9.08. The molecule has 106 valence electrons. The molecule has 4 heteroatoms. The summed E-state index contributed by atoms with van der Waals surface area (Å²) in [6, 6.07) is 7.90. The number of nitrogens with one attached hydrogen (secondary N) is 1. The van der Waals surface area contributed by atoms with E-state index in [4.69, 9.17) is 5.73 Å². The zero-order valence-electron chi connectivity index (χ0n) is 12.0. The molecule has 0 aliphatic rings. The van der Waals surface area contributed by atoms with Gasteiger partial charge in [-0.2, -0.15) is 0 Å². The Morgan fingerprint density at radius 2 is 2.05 bits per heavy atom. The number of carbonyl (C=O) groups is 1. The molecule has 0 saturated carbocycles. The number of hydrogen-bond donors (Lipinski definition) is 2. The highest BCUT2D eigenvalue weighted by Gasteiger charge is 2.19. The van der Waals surface area contributed by atoms with Crippen molar-refractivity contribution in [3.63, 3.8) is 0 Å². The molecule has 0 heterocycles. The molecule has 1 aromatic carbocycles. The van der Waals surface area contributed by atoms with E-state index in [-0.39, 0.29) is 11.8 Å². The maximum absolute atomic E-state index is 12.2. The van der Waals surface area contributed by atoms with Crippen molar-refractivity contribution in [3.8, 4) is 0 Å². The topological polar surface area (TPSA) is 55.1 Å². The molecular formula is C15H24N2OS. The molecule has 1 amide bonds. The van der Waals surface area contributed by atoms with Crippen LogP contribution < -0.4 is 11.1 Å². The third-order valence-electron chi connectivity index (χ3n) is 2.86. The van der Waals surface area contributed by atoms with Gasteiger partial charge >= 0.3 is 0 Å². The molecule has 3 nitrogen and oxygen atoms in total. The lowest BCUT2D eigenvalue weighted by atomic mass is 9.96. The zero-order valence-corrected chi connectivity index (χ0v) is 12.8. The highest BCUT2D eigenvalue weighted by Crippen LogP contribution is 2.27. The zero-order chi connectivity index (χ0) is 14.3. The number of hydrogen-bond acceptors (Lipinski definition) is 3. The van der Waals surface area contributed by atoms with Gasteiger partial charge in [0.05, 0.1) is 11.6 Å². The first-order valence-electron chi connectivity index (χ1n) is 6.81. The van der Waals surface area contributed by atoms with Gasteiger partial charge < -0.3 is 11.1 Å². The van der Waals surface area contributed by atoms with Crippen LogP contribution in [0.25, 0.3) is 0 Å². The SMILES string of the molecule is CCSc1ccccc1NC(=O)C(CN)CC(C)C. The Labute approximate surface area is 120 Å². The molecule has 0 spiro atoms. The van der Waals surface area contributed by atoms with E-state index in [2.05, 4.69) is 26.1 Å². The second kappa shape index (κ2) is 8.23. The van der Waals surface area contributed by atoms with Gasteiger partial charge in [0.1, 0.15) is 0 Å². The van der Waals surface area contributed by atoms with Gasteiger partial charge in [-0.05, 0) is 30.2 Å². The number of anilines is 1. The van der Waals surface area contributed by atoms with Crippen molar-refractivity contribution in [3.05, 3.63) is 24.3 Å². The van der Waals surface area contributed by atoms with Crippen molar-refractivity contribution in [2.24, 2.45) is 17.6 Å². The van der Waals surface area contributed by atoms with E-state index in [1.165, 1.54) is 0 Å². The molecule has 19 heavy (non-hydrogen) atoms. The maximum Gasteiger partial charge on any atom is 0.228 e. The van der Waals surface area contributed by atoms with Crippen molar-refractivity contribution in [1.82, 2.24) is 0 Å². The predicted octanol–water partition coefficient (Wildman–Crippen LogP) is 3.36. The van der Waals surface area contributed by atoms with E-state index >= 15 is 0 Å². The number of nitrogens with two attached hydrogens (primary N) is 1. The van der Waals surface area contributed by atoms with E-state index < -0.39 is 0 Å². The van der Waals surface area contributed by atoms with Crippen molar-refractivity contribution in [2.45, 2.75) is 32.1 Å². The average Bonchev–Trinajstić information content (AvgIpc) is 2.38. The molecule has 0 bridgehead atoms. The summed E-state index contributed by atoms with van der Waals surface area (Å²) >= 11 is 1.73. The molecule has 0 aromatic heterocycles. The summed E-state index contributed by atoms with van der Waals surface area (Å²) < 4.78 is 0. The summed E-state index contributed by atoms with van der Waals surface area (Å²) in [5.41, 5.74) is 6.60. The van der Waals surface area contributed by atoms with Crippen molar-refractivity contribution in [2.75, 3.05) is 17.6 Å². The standard InChI is InChI=1S/C15H24N2OS/c1-4-19-14-8-6-5-7-13(14)17-15(18)12(10-16)9-11(2)3/h5-8,11-12H,4,9-10,16H2,1-3H3,(H,17,18). The van der Waals surface area contributed by atoms with Crippen LogP contribution in [0.1, 0.15) is 27.2 Å². The van der Waals surface area contributed by atoms with Crippen LogP contribution in [0.15, 0.2) is 29.2 Å². The van der Waals surface area contributed by atoms with Crippen LogP contribution in [-0.2, 0) is 4.79 Å². The molecule has 1 unspecified atom stereocenters. The second-order valence-corrected chi connectivity index (χ2v) is 6.29. The number of amides is 1. The van der Waals surface area contributed by atoms with Crippen molar-refractivity contribution < 1.29 is 4.79 Å². The first-order valence-corrected chi connectivity index (χ1v) is 7.79. The Morgan fingerprint density at radius 1 is 1.37 bits per heavy atom. The molecule has 1 atom stereocenters. The fraction of sp³-hybridized carbons (Fsp3) is 0.533. The minimum atomic E-state index is -0.111. The van der Waals surface area contributed by atoms with Crippen LogP contribution in [0.3, 0.4) is 0 Å². The Kier molecular flexibility index (Phi) is 6.95. The second-order valence-electron chi connectivity index (χ2n) is 4.98. The van der Waals surface area contributed by atoms with Gasteiger partial charge in [-0.1, -0.05) is 32.9 Å². The number of rotatable bonds is 7. The van der Waals surface area contributed by atoms with Gasteiger partial charge in [-0.15, -0.1) is 11.8 Å². The number of benzene rings is 1. The van der Waals surface area contributed by atoms with Crippen molar-refractivity contribution >= 4 is 23.4 Å². The molecule has 1 rings (SSSR count). The fourth-order valence-corrected chi connectivity index (χ4v) is 2.73. The van der Waals surface area contributed by atoms with Gasteiger partial charge in [0.2, 0.25) is 5.91 Å². The quantitative estimate of drug-likeness (QED) is 0.753. The molecular weight excluding hydrogens is 256 g/mol. The normalized spacial score (nSPS) is 12.5. The largest absolute Gasteiger partial charge is 0.330 e. The van der Waals surface area contributed by atoms with Crippen LogP contribution in [0.4, 0.5) is 5.69 Å².